The number of carboxylic acids is 1. The summed E-state index contributed by atoms with van der Waals surface area (Å²) in [5.74, 6) is -1.75. The van der Waals surface area contributed by atoms with Gasteiger partial charge in [0.25, 0.3) is 5.91 Å². The first kappa shape index (κ1) is 19.9. The summed E-state index contributed by atoms with van der Waals surface area (Å²) in [5.41, 5.74) is 0.757. The lowest BCUT2D eigenvalue weighted by Gasteiger charge is -2.12. The van der Waals surface area contributed by atoms with Crippen molar-refractivity contribution >= 4 is 24.0 Å². The summed E-state index contributed by atoms with van der Waals surface area (Å²) in [6.45, 7) is -0.726. The molecule has 2 aromatic rings. The maximum atomic E-state index is 13.8. The molecule has 8 nitrogen and oxygen atoms in total. The van der Waals surface area contributed by atoms with E-state index in [1.807, 2.05) is 0 Å². The summed E-state index contributed by atoms with van der Waals surface area (Å²) >= 11 is 0. The molecule has 1 fully saturated rings. The highest BCUT2D eigenvalue weighted by Gasteiger charge is 2.34. The Hall–Kier alpha value is -3.88. The molecule has 0 aromatic heterocycles. The Bertz CT molecular complexity index is 1000. The summed E-state index contributed by atoms with van der Waals surface area (Å²) in [6, 6.07) is 9.84. The Morgan fingerprint density at radius 1 is 1.21 bits per heavy atom. The van der Waals surface area contributed by atoms with Crippen molar-refractivity contribution in [3.8, 4) is 11.5 Å². The van der Waals surface area contributed by atoms with E-state index < -0.39 is 30.3 Å². The number of carbonyl (C=O) groups is 3. The second-order valence-corrected chi connectivity index (χ2v) is 6.06. The fourth-order valence-corrected chi connectivity index (χ4v) is 2.71. The lowest BCUT2D eigenvalue weighted by atomic mass is 10.1. The third-order valence-electron chi connectivity index (χ3n) is 4.10. The van der Waals surface area contributed by atoms with Crippen LogP contribution in [0, 0.1) is 5.82 Å². The first-order valence-corrected chi connectivity index (χ1v) is 8.49. The average Bonchev–Trinajstić information content (AvgIpc) is 2.95. The number of methoxy groups -OCH3 is 1. The van der Waals surface area contributed by atoms with Crippen LogP contribution in [0.5, 0.6) is 11.5 Å². The maximum absolute atomic E-state index is 13.8. The minimum Gasteiger partial charge on any atom is -0.493 e. The first-order valence-electron chi connectivity index (χ1n) is 8.49. The van der Waals surface area contributed by atoms with Crippen molar-refractivity contribution in [2.75, 3.05) is 13.7 Å². The summed E-state index contributed by atoms with van der Waals surface area (Å²) < 4.78 is 24.1. The molecule has 0 bridgehead atoms. The van der Waals surface area contributed by atoms with Crippen LogP contribution in [0.2, 0.25) is 0 Å². The van der Waals surface area contributed by atoms with Gasteiger partial charge in [0, 0.05) is 5.56 Å². The predicted molar refractivity (Wildman–Crippen MR) is 99.6 cm³/mol. The van der Waals surface area contributed by atoms with Crippen molar-refractivity contribution in [3.05, 3.63) is 65.1 Å². The second-order valence-electron chi connectivity index (χ2n) is 6.06. The topological polar surface area (TPSA) is 105 Å². The van der Waals surface area contributed by atoms with E-state index >= 15 is 0 Å². The zero-order valence-electron chi connectivity index (χ0n) is 15.3. The standard InChI is InChI=1S/C20H17FN2O6/c1-28-17-9-12(6-7-16(17)29-11-18(24)25)8-15-19(26)23(20(27)22-15)10-13-4-2-3-5-14(13)21/h2-9H,10-11H2,1H3,(H,22,27)(H,24,25). The number of imide groups is 1. The maximum Gasteiger partial charge on any atom is 0.341 e. The molecule has 1 aliphatic rings. The van der Waals surface area contributed by atoms with Gasteiger partial charge in [0.15, 0.2) is 18.1 Å². The van der Waals surface area contributed by atoms with Crippen LogP contribution in [-0.4, -0.2) is 41.6 Å². The van der Waals surface area contributed by atoms with Crippen molar-refractivity contribution in [1.82, 2.24) is 10.2 Å². The van der Waals surface area contributed by atoms with Gasteiger partial charge in [0.1, 0.15) is 11.5 Å². The molecule has 0 saturated carbocycles. The molecular weight excluding hydrogens is 383 g/mol. The minimum absolute atomic E-state index is 0.0209. The molecule has 0 unspecified atom stereocenters. The molecule has 9 heteroatoms. The van der Waals surface area contributed by atoms with E-state index in [1.54, 1.807) is 12.1 Å². The fourth-order valence-electron chi connectivity index (χ4n) is 2.71. The van der Waals surface area contributed by atoms with Gasteiger partial charge in [-0.2, -0.15) is 0 Å². The van der Waals surface area contributed by atoms with E-state index in [2.05, 4.69) is 5.32 Å². The van der Waals surface area contributed by atoms with Gasteiger partial charge in [0.05, 0.1) is 13.7 Å². The van der Waals surface area contributed by atoms with Crippen molar-refractivity contribution in [1.29, 1.82) is 0 Å². The van der Waals surface area contributed by atoms with Gasteiger partial charge in [0.2, 0.25) is 0 Å². The number of nitrogens with zero attached hydrogens (tertiary/aromatic N) is 1. The van der Waals surface area contributed by atoms with Crippen LogP contribution in [0.25, 0.3) is 6.08 Å². The third kappa shape index (κ3) is 4.52. The zero-order chi connectivity index (χ0) is 21.0. The number of amides is 3. The molecule has 0 radical (unpaired) electrons. The Morgan fingerprint density at radius 3 is 2.66 bits per heavy atom. The number of urea groups is 1. The molecule has 3 rings (SSSR count). The quantitative estimate of drug-likeness (QED) is 0.546. The van der Waals surface area contributed by atoms with Crippen molar-refractivity contribution < 1.29 is 33.4 Å². The molecule has 2 N–H and O–H groups in total. The number of hydrogen-bond donors (Lipinski definition) is 2. The first-order chi connectivity index (χ1) is 13.9. The minimum atomic E-state index is -1.13. The number of nitrogens with one attached hydrogen (secondary N) is 1. The van der Waals surface area contributed by atoms with Crippen LogP contribution in [-0.2, 0) is 16.1 Å². The molecule has 0 aliphatic carbocycles. The molecule has 0 spiro atoms. The zero-order valence-corrected chi connectivity index (χ0v) is 15.3. The van der Waals surface area contributed by atoms with E-state index in [0.29, 0.717) is 5.56 Å². The Labute approximate surface area is 165 Å². The number of carboxylic acid groups (broad SMARTS) is 1. The molecule has 1 aliphatic heterocycles. The summed E-state index contributed by atoms with van der Waals surface area (Å²) in [6.07, 6.45) is 1.44. The lowest BCUT2D eigenvalue weighted by Crippen LogP contribution is -2.30. The van der Waals surface area contributed by atoms with E-state index in [9.17, 15) is 18.8 Å². The van der Waals surface area contributed by atoms with Crippen LogP contribution in [0.3, 0.4) is 0 Å². The van der Waals surface area contributed by atoms with Gasteiger partial charge in [-0.3, -0.25) is 9.69 Å². The molecule has 0 atom stereocenters. The van der Waals surface area contributed by atoms with E-state index in [4.69, 9.17) is 14.6 Å². The summed E-state index contributed by atoms with van der Waals surface area (Å²) in [5, 5.41) is 11.2. The molecule has 3 amide bonds. The van der Waals surface area contributed by atoms with Crippen LogP contribution in [0.1, 0.15) is 11.1 Å². The van der Waals surface area contributed by atoms with Crippen LogP contribution in [0.15, 0.2) is 48.2 Å². The number of rotatable bonds is 7. The van der Waals surface area contributed by atoms with Crippen LogP contribution >= 0.6 is 0 Å². The Balaban J connectivity index is 1.80. The van der Waals surface area contributed by atoms with Gasteiger partial charge >= 0.3 is 12.0 Å². The highest BCUT2D eigenvalue weighted by atomic mass is 19.1. The predicted octanol–water partition coefficient (Wildman–Crippen LogP) is 2.39. The summed E-state index contributed by atoms with van der Waals surface area (Å²) in [4.78, 5) is 36.3. The molecule has 2 aromatic carbocycles. The van der Waals surface area contributed by atoms with Gasteiger partial charge in [-0.25, -0.2) is 14.0 Å². The van der Waals surface area contributed by atoms with Crippen LogP contribution < -0.4 is 14.8 Å². The summed E-state index contributed by atoms with van der Waals surface area (Å²) in [7, 11) is 1.39. The number of carbonyl (C=O) groups excluding carboxylic acids is 2. The number of halogens is 1. The van der Waals surface area contributed by atoms with E-state index in [-0.39, 0.29) is 29.3 Å². The van der Waals surface area contributed by atoms with Crippen molar-refractivity contribution in [2.45, 2.75) is 6.54 Å². The molecule has 1 saturated heterocycles. The molecule has 29 heavy (non-hydrogen) atoms. The molecular formula is C20H17FN2O6. The number of aliphatic carboxylic acids is 1. The van der Waals surface area contributed by atoms with Gasteiger partial charge < -0.3 is 19.9 Å². The van der Waals surface area contributed by atoms with Crippen molar-refractivity contribution in [2.24, 2.45) is 0 Å². The average molecular weight is 400 g/mol. The van der Waals surface area contributed by atoms with Gasteiger partial charge in [-0.1, -0.05) is 24.3 Å². The number of hydrogen-bond acceptors (Lipinski definition) is 5. The largest absolute Gasteiger partial charge is 0.493 e. The normalized spacial score (nSPS) is 14.8. The van der Waals surface area contributed by atoms with Crippen molar-refractivity contribution in [3.63, 3.8) is 0 Å². The highest BCUT2D eigenvalue weighted by Crippen LogP contribution is 2.29. The SMILES string of the molecule is COc1cc(C=C2NC(=O)N(Cc3ccccc3F)C2=O)ccc1OCC(=O)O. The lowest BCUT2D eigenvalue weighted by molar-refractivity contribution is -0.139. The van der Waals surface area contributed by atoms with Gasteiger partial charge in [-0.05, 0) is 29.8 Å². The van der Waals surface area contributed by atoms with E-state index in [1.165, 1.54) is 43.5 Å². The highest BCUT2D eigenvalue weighted by molar-refractivity contribution is 6.13. The fraction of sp³-hybridized carbons (Fsp3) is 0.150. The third-order valence-corrected chi connectivity index (χ3v) is 4.10. The van der Waals surface area contributed by atoms with E-state index in [0.717, 1.165) is 4.90 Å². The van der Waals surface area contributed by atoms with Crippen LogP contribution in [0.4, 0.5) is 9.18 Å². The molecule has 150 valence electrons. The Kier molecular flexibility index (Phi) is 5.77. The van der Waals surface area contributed by atoms with Gasteiger partial charge in [-0.15, -0.1) is 0 Å². The molecule has 1 heterocycles. The number of ether oxygens (including phenoxy) is 2. The second kappa shape index (κ2) is 8.42. The Morgan fingerprint density at radius 2 is 1.97 bits per heavy atom. The monoisotopic (exact) mass is 400 g/mol. The smallest absolute Gasteiger partial charge is 0.341 e. The number of benzene rings is 2.